The summed E-state index contributed by atoms with van der Waals surface area (Å²) in [5.74, 6) is 0. The predicted octanol–water partition coefficient (Wildman–Crippen LogP) is 3.14. The molecular weight excluding hydrogens is 394 g/mol. The van der Waals surface area contributed by atoms with Gasteiger partial charge in [-0.2, -0.15) is 0 Å². The lowest BCUT2D eigenvalue weighted by Crippen LogP contribution is -2.45. The van der Waals surface area contributed by atoms with Crippen LogP contribution in [0.4, 0.5) is 0 Å². The van der Waals surface area contributed by atoms with Crippen molar-refractivity contribution in [3.05, 3.63) is 29.3 Å². The molecule has 1 aromatic heterocycles. The van der Waals surface area contributed by atoms with E-state index in [2.05, 4.69) is 27.8 Å². The fraction of sp³-hybridized carbons (Fsp3) is 0.650. The number of hydrogen-bond acceptors (Lipinski definition) is 6. The van der Waals surface area contributed by atoms with Crippen LogP contribution in [0.15, 0.2) is 24.3 Å². The van der Waals surface area contributed by atoms with Gasteiger partial charge in [-0.15, -0.1) is 11.3 Å². The normalized spacial score (nSPS) is 23.2. The maximum absolute atomic E-state index is 12.0. The summed E-state index contributed by atoms with van der Waals surface area (Å²) in [4.78, 5) is 7.21. The van der Waals surface area contributed by atoms with Gasteiger partial charge >= 0.3 is 0 Å². The standard InChI is InChI=1S/C20H29N3O3S2/c1-15(2)28(24,25)21-13-16-7-8-20(26-16)9-11-23(12-10-20)14-19-22-17-5-3-4-6-18(17)27-19/h3-6,15-16,21H,7-14H2,1-2H3. The van der Waals surface area contributed by atoms with Crippen LogP contribution in [-0.2, 0) is 21.3 Å². The van der Waals surface area contributed by atoms with Gasteiger partial charge in [-0.05, 0) is 51.7 Å². The number of para-hydroxylation sites is 1. The molecule has 154 valence electrons. The second-order valence-corrected chi connectivity index (χ2v) is 11.7. The molecule has 1 atom stereocenters. The number of ether oxygens (including phenoxy) is 1. The molecule has 2 saturated heterocycles. The lowest BCUT2D eigenvalue weighted by molar-refractivity contribution is -0.0758. The van der Waals surface area contributed by atoms with Gasteiger partial charge in [0.2, 0.25) is 10.0 Å². The molecule has 2 aliphatic heterocycles. The molecule has 0 bridgehead atoms. The number of sulfonamides is 1. The fourth-order valence-electron chi connectivity index (χ4n) is 4.08. The first kappa shape index (κ1) is 20.2. The summed E-state index contributed by atoms with van der Waals surface area (Å²) in [6, 6.07) is 8.29. The zero-order valence-corrected chi connectivity index (χ0v) is 18.2. The van der Waals surface area contributed by atoms with Crippen molar-refractivity contribution < 1.29 is 13.2 Å². The third-order valence-corrected chi connectivity index (χ3v) is 8.77. The Bertz CT molecular complexity index is 885. The molecule has 0 aliphatic carbocycles. The first-order chi connectivity index (χ1) is 13.4. The minimum absolute atomic E-state index is 0.00987. The molecule has 6 nitrogen and oxygen atoms in total. The Labute approximate surface area is 171 Å². The van der Waals surface area contributed by atoms with E-state index in [9.17, 15) is 8.42 Å². The monoisotopic (exact) mass is 423 g/mol. The van der Waals surface area contributed by atoms with Gasteiger partial charge in [0.05, 0.1) is 33.7 Å². The Morgan fingerprint density at radius 1 is 1.29 bits per heavy atom. The molecule has 28 heavy (non-hydrogen) atoms. The molecule has 2 aliphatic rings. The third-order valence-electron chi connectivity index (χ3n) is 5.94. The molecule has 2 aromatic rings. The molecule has 0 amide bonds. The van der Waals surface area contributed by atoms with Gasteiger partial charge < -0.3 is 4.74 Å². The van der Waals surface area contributed by atoms with Crippen LogP contribution in [0.2, 0.25) is 0 Å². The summed E-state index contributed by atoms with van der Waals surface area (Å²) < 4.78 is 34.2. The highest BCUT2D eigenvalue weighted by molar-refractivity contribution is 7.90. The smallest absolute Gasteiger partial charge is 0.214 e. The molecule has 1 unspecified atom stereocenters. The molecule has 8 heteroatoms. The lowest BCUT2D eigenvalue weighted by Gasteiger charge is -2.39. The maximum atomic E-state index is 12.0. The number of fused-ring (bicyclic) bond motifs is 1. The highest BCUT2D eigenvalue weighted by Crippen LogP contribution is 2.39. The van der Waals surface area contributed by atoms with Gasteiger partial charge in [0.25, 0.3) is 0 Å². The number of aromatic nitrogens is 1. The second-order valence-electron chi connectivity index (χ2n) is 8.26. The number of benzene rings is 1. The van der Waals surface area contributed by atoms with Gasteiger partial charge in [0.15, 0.2) is 0 Å². The van der Waals surface area contributed by atoms with Crippen molar-refractivity contribution in [1.82, 2.24) is 14.6 Å². The topological polar surface area (TPSA) is 71.5 Å². The van der Waals surface area contributed by atoms with E-state index in [1.165, 1.54) is 9.71 Å². The van der Waals surface area contributed by atoms with Crippen molar-refractivity contribution in [2.24, 2.45) is 0 Å². The van der Waals surface area contributed by atoms with Crippen molar-refractivity contribution in [3.63, 3.8) is 0 Å². The summed E-state index contributed by atoms with van der Waals surface area (Å²) >= 11 is 1.78. The predicted molar refractivity (Wildman–Crippen MR) is 113 cm³/mol. The van der Waals surface area contributed by atoms with Crippen LogP contribution in [0.25, 0.3) is 10.2 Å². The van der Waals surface area contributed by atoms with E-state index in [1.54, 1.807) is 25.2 Å². The van der Waals surface area contributed by atoms with Crippen molar-refractivity contribution in [2.45, 2.75) is 63.0 Å². The van der Waals surface area contributed by atoms with Crippen LogP contribution in [0.1, 0.15) is 44.5 Å². The Kier molecular flexibility index (Phi) is 5.77. The van der Waals surface area contributed by atoms with E-state index in [1.807, 2.05) is 6.07 Å². The largest absolute Gasteiger partial charge is 0.370 e. The van der Waals surface area contributed by atoms with Crippen molar-refractivity contribution in [2.75, 3.05) is 19.6 Å². The van der Waals surface area contributed by atoms with Crippen LogP contribution in [0.5, 0.6) is 0 Å². The first-order valence-electron chi connectivity index (χ1n) is 10.1. The maximum Gasteiger partial charge on any atom is 0.214 e. The number of piperidine rings is 1. The van der Waals surface area contributed by atoms with E-state index in [4.69, 9.17) is 9.72 Å². The SMILES string of the molecule is CC(C)S(=O)(=O)NCC1CCC2(CCN(Cc3nc4ccccc4s3)CC2)O1. The summed E-state index contributed by atoms with van der Waals surface area (Å²) in [5, 5.41) is 0.763. The number of likely N-dealkylation sites (tertiary alicyclic amines) is 1. The van der Waals surface area contributed by atoms with Crippen molar-refractivity contribution in [3.8, 4) is 0 Å². The quantitative estimate of drug-likeness (QED) is 0.773. The average molecular weight is 424 g/mol. The fourth-order valence-corrected chi connectivity index (χ4v) is 5.84. The van der Waals surface area contributed by atoms with E-state index in [0.29, 0.717) is 6.54 Å². The molecule has 3 heterocycles. The van der Waals surface area contributed by atoms with E-state index < -0.39 is 15.3 Å². The Hall–Kier alpha value is -1.06. The molecule has 1 aromatic carbocycles. The number of thiazole rings is 1. The number of nitrogens with one attached hydrogen (secondary N) is 1. The highest BCUT2D eigenvalue weighted by Gasteiger charge is 2.42. The molecule has 0 radical (unpaired) electrons. The van der Waals surface area contributed by atoms with Crippen LogP contribution in [-0.4, -0.2) is 54.9 Å². The zero-order valence-electron chi connectivity index (χ0n) is 16.6. The first-order valence-corrected chi connectivity index (χ1v) is 12.4. The summed E-state index contributed by atoms with van der Waals surface area (Å²) in [6.45, 7) is 6.67. The van der Waals surface area contributed by atoms with Crippen molar-refractivity contribution >= 4 is 31.6 Å². The molecule has 2 fully saturated rings. The third kappa shape index (κ3) is 4.41. The van der Waals surface area contributed by atoms with Crippen molar-refractivity contribution in [1.29, 1.82) is 0 Å². The minimum atomic E-state index is -3.23. The Balaban J connectivity index is 1.28. The lowest BCUT2D eigenvalue weighted by atomic mass is 9.88. The molecular formula is C20H29N3O3S2. The second kappa shape index (κ2) is 7.99. The van der Waals surface area contributed by atoms with E-state index >= 15 is 0 Å². The molecule has 1 spiro atoms. The number of rotatable bonds is 6. The molecule has 0 saturated carbocycles. The zero-order chi connectivity index (χ0) is 19.8. The van der Waals surface area contributed by atoms with Gasteiger partial charge in [0.1, 0.15) is 5.01 Å². The summed E-state index contributed by atoms with van der Waals surface area (Å²) in [6.07, 6.45) is 3.95. The van der Waals surface area contributed by atoms with Gasteiger partial charge in [-0.3, -0.25) is 4.90 Å². The highest BCUT2D eigenvalue weighted by atomic mass is 32.2. The summed E-state index contributed by atoms with van der Waals surface area (Å²) in [5.41, 5.74) is 1.01. The van der Waals surface area contributed by atoms with E-state index in [-0.39, 0.29) is 11.7 Å². The number of nitrogens with zero attached hydrogens (tertiary/aromatic N) is 2. The average Bonchev–Trinajstić information content (AvgIpc) is 3.26. The van der Waals surface area contributed by atoms with Gasteiger partial charge in [-0.25, -0.2) is 18.1 Å². The van der Waals surface area contributed by atoms with Gasteiger partial charge in [-0.1, -0.05) is 12.1 Å². The molecule has 4 rings (SSSR count). The van der Waals surface area contributed by atoms with Crippen LogP contribution in [0, 0.1) is 0 Å². The van der Waals surface area contributed by atoms with Crippen LogP contribution < -0.4 is 4.72 Å². The van der Waals surface area contributed by atoms with Crippen LogP contribution >= 0.6 is 11.3 Å². The number of hydrogen-bond donors (Lipinski definition) is 1. The van der Waals surface area contributed by atoms with Crippen LogP contribution in [0.3, 0.4) is 0 Å². The van der Waals surface area contributed by atoms with Gasteiger partial charge in [0, 0.05) is 19.6 Å². The molecule has 1 N–H and O–H groups in total. The summed E-state index contributed by atoms with van der Waals surface area (Å²) in [7, 11) is -3.23. The Morgan fingerprint density at radius 3 is 2.75 bits per heavy atom. The van der Waals surface area contributed by atoms with E-state index in [0.717, 1.165) is 50.8 Å². The Morgan fingerprint density at radius 2 is 2.04 bits per heavy atom. The minimum Gasteiger partial charge on any atom is -0.370 e.